The molecule has 0 N–H and O–H groups in total. The van der Waals surface area contributed by atoms with E-state index in [-0.39, 0.29) is 0 Å². The molecular formula is C12H14OS. The van der Waals surface area contributed by atoms with Gasteiger partial charge in [-0.25, -0.2) is 0 Å². The zero-order valence-electron chi connectivity index (χ0n) is 8.11. The van der Waals surface area contributed by atoms with Gasteiger partial charge in [0, 0.05) is 23.5 Å². The van der Waals surface area contributed by atoms with E-state index in [2.05, 4.69) is 24.3 Å². The Labute approximate surface area is 88.9 Å². The summed E-state index contributed by atoms with van der Waals surface area (Å²) in [6, 6.07) is 10.4. The third kappa shape index (κ3) is 2.61. The van der Waals surface area contributed by atoms with Crippen molar-refractivity contribution in [3.05, 3.63) is 30.3 Å². The quantitative estimate of drug-likeness (QED) is 0.707. The fraction of sp³-hybridized carbons (Fsp3) is 0.417. The van der Waals surface area contributed by atoms with E-state index in [0.29, 0.717) is 11.7 Å². The summed E-state index contributed by atoms with van der Waals surface area (Å²) >= 11 is 1.87. The summed E-state index contributed by atoms with van der Waals surface area (Å²) in [4.78, 5) is 12.4. The molecule has 1 aliphatic rings. The van der Waals surface area contributed by atoms with Crippen LogP contribution in [0.15, 0.2) is 35.2 Å². The normalized spacial score (nSPS) is 21.4. The van der Waals surface area contributed by atoms with Gasteiger partial charge in [0.25, 0.3) is 0 Å². The summed E-state index contributed by atoms with van der Waals surface area (Å²) in [6.45, 7) is 0. The van der Waals surface area contributed by atoms with Crippen LogP contribution < -0.4 is 0 Å². The highest BCUT2D eigenvalue weighted by molar-refractivity contribution is 7.99. The van der Waals surface area contributed by atoms with E-state index < -0.39 is 0 Å². The molecule has 1 aromatic rings. The van der Waals surface area contributed by atoms with Crippen molar-refractivity contribution < 1.29 is 4.79 Å². The summed E-state index contributed by atoms with van der Waals surface area (Å²) < 4.78 is 0. The predicted molar refractivity (Wildman–Crippen MR) is 59.5 cm³/mol. The fourth-order valence-corrected chi connectivity index (χ4v) is 2.83. The molecule has 0 saturated heterocycles. The minimum absolute atomic E-state index is 0.448. The number of Topliss-reactive ketones (excluding diaryl/α,β-unsaturated/α-hetero) is 1. The van der Waals surface area contributed by atoms with Crippen LogP contribution in [-0.4, -0.2) is 11.5 Å². The van der Waals surface area contributed by atoms with E-state index in [1.165, 1.54) is 4.90 Å². The average Bonchev–Trinajstić information content (AvgIpc) is 2.63. The minimum Gasteiger partial charge on any atom is -0.300 e. The molecule has 1 nitrogen and oxygen atoms in total. The van der Waals surface area contributed by atoms with Gasteiger partial charge in [-0.2, -0.15) is 0 Å². The standard InChI is InChI=1S/C12H14OS/c13-11-7-6-10(8-11)9-14-12-4-2-1-3-5-12/h1-5,10H,6-9H2. The molecule has 0 radical (unpaired) electrons. The summed E-state index contributed by atoms with van der Waals surface area (Å²) in [5.74, 6) is 2.16. The van der Waals surface area contributed by atoms with Crippen LogP contribution in [0.5, 0.6) is 0 Å². The zero-order chi connectivity index (χ0) is 9.80. The number of ketones is 1. The highest BCUT2D eigenvalue weighted by atomic mass is 32.2. The first-order valence-corrected chi connectivity index (χ1v) is 6.03. The van der Waals surface area contributed by atoms with E-state index in [1.54, 1.807) is 0 Å². The van der Waals surface area contributed by atoms with Crippen LogP contribution in [0.3, 0.4) is 0 Å². The summed E-state index contributed by atoms with van der Waals surface area (Å²) in [7, 11) is 0. The minimum atomic E-state index is 0.448. The first kappa shape index (κ1) is 9.78. The van der Waals surface area contributed by atoms with E-state index in [1.807, 2.05) is 17.8 Å². The zero-order valence-corrected chi connectivity index (χ0v) is 8.93. The van der Waals surface area contributed by atoms with Crippen LogP contribution in [0.4, 0.5) is 0 Å². The van der Waals surface area contributed by atoms with E-state index in [0.717, 1.165) is 25.0 Å². The van der Waals surface area contributed by atoms with E-state index in [4.69, 9.17) is 0 Å². The van der Waals surface area contributed by atoms with Gasteiger partial charge in [-0.3, -0.25) is 4.79 Å². The van der Waals surface area contributed by atoms with Crippen molar-refractivity contribution in [2.45, 2.75) is 24.2 Å². The van der Waals surface area contributed by atoms with Gasteiger partial charge < -0.3 is 0 Å². The number of carbonyl (C=O) groups is 1. The molecule has 1 atom stereocenters. The van der Waals surface area contributed by atoms with Crippen molar-refractivity contribution in [3.63, 3.8) is 0 Å². The SMILES string of the molecule is O=C1CCC(CSc2ccccc2)C1. The van der Waals surface area contributed by atoms with Gasteiger partial charge >= 0.3 is 0 Å². The molecule has 1 aromatic carbocycles. The highest BCUT2D eigenvalue weighted by Crippen LogP contribution is 2.28. The van der Waals surface area contributed by atoms with Crippen LogP contribution in [0.1, 0.15) is 19.3 Å². The molecular weight excluding hydrogens is 192 g/mol. The lowest BCUT2D eigenvalue weighted by atomic mass is 10.1. The lowest BCUT2D eigenvalue weighted by Crippen LogP contribution is -1.98. The Kier molecular flexibility index (Phi) is 3.25. The summed E-state index contributed by atoms with van der Waals surface area (Å²) in [6.07, 6.45) is 2.71. The second kappa shape index (κ2) is 4.65. The molecule has 0 aromatic heterocycles. The first-order chi connectivity index (χ1) is 6.84. The Morgan fingerprint density at radius 1 is 1.29 bits per heavy atom. The van der Waals surface area contributed by atoms with E-state index >= 15 is 0 Å². The molecule has 74 valence electrons. The Bertz CT molecular complexity index is 307. The number of hydrogen-bond donors (Lipinski definition) is 0. The Balaban J connectivity index is 1.80. The molecule has 1 saturated carbocycles. The lowest BCUT2D eigenvalue weighted by Gasteiger charge is -2.06. The molecule has 0 heterocycles. The van der Waals surface area contributed by atoms with Crippen LogP contribution in [0.25, 0.3) is 0 Å². The van der Waals surface area contributed by atoms with Gasteiger partial charge in [-0.1, -0.05) is 18.2 Å². The van der Waals surface area contributed by atoms with Gasteiger partial charge in [-0.05, 0) is 24.5 Å². The maximum atomic E-state index is 11.1. The highest BCUT2D eigenvalue weighted by Gasteiger charge is 2.21. The predicted octanol–water partition coefficient (Wildman–Crippen LogP) is 3.15. The van der Waals surface area contributed by atoms with Crippen LogP contribution in [0, 0.1) is 5.92 Å². The first-order valence-electron chi connectivity index (χ1n) is 5.04. The van der Waals surface area contributed by atoms with Crippen molar-refractivity contribution in [2.24, 2.45) is 5.92 Å². The molecule has 0 amide bonds. The molecule has 0 aliphatic heterocycles. The second-order valence-electron chi connectivity index (χ2n) is 3.77. The number of benzene rings is 1. The molecule has 14 heavy (non-hydrogen) atoms. The second-order valence-corrected chi connectivity index (χ2v) is 4.86. The number of carbonyl (C=O) groups excluding carboxylic acids is 1. The third-order valence-electron chi connectivity index (χ3n) is 2.58. The smallest absolute Gasteiger partial charge is 0.133 e. The number of thioether (sulfide) groups is 1. The molecule has 2 rings (SSSR count). The monoisotopic (exact) mass is 206 g/mol. The van der Waals surface area contributed by atoms with E-state index in [9.17, 15) is 4.79 Å². The lowest BCUT2D eigenvalue weighted by molar-refractivity contribution is -0.117. The maximum Gasteiger partial charge on any atom is 0.133 e. The number of hydrogen-bond acceptors (Lipinski definition) is 2. The van der Waals surface area contributed by atoms with Crippen LogP contribution in [0.2, 0.25) is 0 Å². The molecule has 1 unspecified atom stereocenters. The molecule has 0 spiro atoms. The van der Waals surface area contributed by atoms with Gasteiger partial charge in [0.15, 0.2) is 0 Å². The van der Waals surface area contributed by atoms with Gasteiger partial charge in [0.05, 0.1) is 0 Å². The Morgan fingerprint density at radius 3 is 2.71 bits per heavy atom. The summed E-state index contributed by atoms with van der Waals surface area (Å²) in [5.41, 5.74) is 0. The largest absolute Gasteiger partial charge is 0.300 e. The summed E-state index contributed by atoms with van der Waals surface area (Å²) in [5, 5.41) is 0. The third-order valence-corrected chi connectivity index (χ3v) is 3.82. The fourth-order valence-electron chi connectivity index (χ4n) is 1.76. The van der Waals surface area contributed by atoms with Gasteiger partial charge in [-0.15, -0.1) is 11.8 Å². The van der Waals surface area contributed by atoms with Crippen molar-refractivity contribution in [1.82, 2.24) is 0 Å². The van der Waals surface area contributed by atoms with Gasteiger partial charge in [0.1, 0.15) is 5.78 Å². The topological polar surface area (TPSA) is 17.1 Å². The Morgan fingerprint density at radius 2 is 2.07 bits per heavy atom. The number of rotatable bonds is 3. The van der Waals surface area contributed by atoms with Crippen molar-refractivity contribution >= 4 is 17.5 Å². The average molecular weight is 206 g/mol. The van der Waals surface area contributed by atoms with Crippen molar-refractivity contribution in [3.8, 4) is 0 Å². The Hall–Kier alpha value is -0.760. The van der Waals surface area contributed by atoms with Crippen LogP contribution >= 0.6 is 11.8 Å². The molecule has 0 bridgehead atoms. The van der Waals surface area contributed by atoms with Crippen molar-refractivity contribution in [1.29, 1.82) is 0 Å². The molecule has 1 aliphatic carbocycles. The molecule has 2 heteroatoms. The van der Waals surface area contributed by atoms with Crippen molar-refractivity contribution in [2.75, 3.05) is 5.75 Å². The van der Waals surface area contributed by atoms with Crippen LogP contribution in [-0.2, 0) is 4.79 Å². The molecule has 1 fully saturated rings. The van der Waals surface area contributed by atoms with Gasteiger partial charge in [0.2, 0.25) is 0 Å². The maximum absolute atomic E-state index is 11.1.